The summed E-state index contributed by atoms with van der Waals surface area (Å²) in [7, 11) is 0. The standard InChI is InChI=1S/C5H5NO2S/c1-2-3-4-6-9-5(7)8-4/h2-3H,1H3/b3-2+. The molecule has 0 radical (unpaired) electrons. The number of hydrogen-bond acceptors (Lipinski definition) is 4. The fourth-order valence-electron chi connectivity index (χ4n) is 0.412. The van der Waals surface area contributed by atoms with Crippen LogP contribution in [0.4, 0.5) is 0 Å². The van der Waals surface area contributed by atoms with Crippen molar-refractivity contribution in [2.24, 2.45) is 0 Å². The molecule has 9 heavy (non-hydrogen) atoms. The van der Waals surface area contributed by atoms with Crippen molar-refractivity contribution in [2.45, 2.75) is 6.92 Å². The van der Waals surface area contributed by atoms with Crippen LogP contribution in [0.2, 0.25) is 0 Å². The molecular formula is C5H5NO2S. The van der Waals surface area contributed by atoms with Crippen LogP contribution in [0.3, 0.4) is 0 Å². The van der Waals surface area contributed by atoms with Gasteiger partial charge in [0.25, 0.3) is 0 Å². The Morgan fingerprint density at radius 3 is 3.00 bits per heavy atom. The number of nitrogens with zero attached hydrogens (tertiary/aromatic N) is 1. The number of aromatic nitrogens is 1. The summed E-state index contributed by atoms with van der Waals surface area (Å²) in [6, 6.07) is 0. The molecule has 0 unspecified atom stereocenters. The third-order valence-electron chi connectivity index (χ3n) is 0.707. The molecule has 1 aromatic rings. The van der Waals surface area contributed by atoms with E-state index in [4.69, 9.17) is 0 Å². The Morgan fingerprint density at radius 1 is 1.78 bits per heavy atom. The normalized spacial score (nSPS) is 10.8. The van der Waals surface area contributed by atoms with Gasteiger partial charge in [-0.25, -0.2) is 4.79 Å². The molecule has 1 aromatic heterocycles. The molecule has 0 fully saturated rings. The first-order valence-corrected chi connectivity index (χ1v) is 3.20. The third-order valence-corrected chi connectivity index (χ3v) is 1.21. The van der Waals surface area contributed by atoms with Crippen LogP contribution in [0.25, 0.3) is 6.08 Å². The van der Waals surface area contributed by atoms with E-state index in [0.717, 1.165) is 11.5 Å². The zero-order chi connectivity index (χ0) is 6.69. The van der Waals surface area contributed by atoms with E-state index in [1.54, 1.807) is 12.2 Å². The number of hydrogen-bond donors (Lipinski definition) is 0. The first-order chi connectivity index (χ1) is 4.33. The largest absolute Gasteiger partial charge is 0.414 e. The molecule has 4 heteroatoms. The van der Waals surface area contributed by atoms with Crippen LogP contribution in [0.15, 0.2) is 15.3 Å². The minimum absolute atomic E-state index is 0.358. The van der Waals surface area contributed by atoms with Gasteiger partial charge in [0, 0.05) is 0 Å². The SMILES string of the molecule is C/C=C/c1nsc(=O)o1. The molecule has 0 aliphatic heterocycles. The fourth-order valence-corrected chi connectivity index (χ4v) is 0.797. The molecule has 48 valence electrons. The zero-order valence-electron chi connectivity index (χ0n) is 4.83. The van der Waals surface area contributed by atoms with Crippen LogP contribution in [-0.2, 0) is 0 Å². The summed E-state index contributed by atoms with van der Waals surface area (Å²) >= 11 is 0.821. The van der Waals surface area contributed by atoms with E-state index in [1.165, 1.54) is 0 Å². The molecule has 0 aliphatic rings. The van der Waals surface area contributed by atoms with Gasteiger partial charge in [-0.15, -0.1) is 4.37 Å². The smallest absolute Gasteiger partial charge is 0.395 e. The Bertz CT molecular complexity index is 260. The van der Waals surface area contributed by atoms with Gasteiger partial charge in [0.05, 0.1) is 11.5 Å². The molecule has 0 amide bonds. The highest BCUT2D eigenvalue weighted by molar-refractivity contribution is 7.02. The fraction of sp³-hybridized carbons (Fsp3) is 0.200. The Labute approximate surface area is 55.8 Å². The maximum absolute atomic E-state index is 10.3. The van der Waals surface area contributed by atoms with Crippen molar-refractivity contribution < 1.29 is 4.42 Å². The lowest BCUT2D eigenvalue weighted by atomic mass is 10.5. The molecule has 0 aliphatic carbocycles. The van der Waals surface area contributed by atoms with Crippen LogP contribution in [-0.4, -0.2) is 4.37 Å². The zero-order valence-corrected chi connectivity index (χ0v) is 5.64. The van der Waals surface area contributed by atoms with Crippen molar-refractivity contribution in [1.29, 1.82) is 0 Å². The van der Waals surface area contributed by atoms with E-state index in [-0.39, 0.29) is 4.94 Å². The highest BCUT2D eigenvalue weighted by Gasteiger charge is 1.92. The lowest BCUT2D eigenvalue weighted by Crippen LogP contribution is -1.80. The Balaban J connectivity index is 2.98. The van der Waals surface area contributed by atoms with Crippen LogP contribution >= 0.6 is 11.5 Å². The van der Waals surface area contributed by atoms with E-state index in [1.807, 2.05) is 6.92 Å². The van der Waals surface area contributed by atoms with Crippen molar-refractivity contribution in [1.82, 2.24) is 4.37 Å². The van der Waals surface area contributed by atoms with Crippen molar-refractivity contribution >= 4 is 17.6 Å². The summed E-state index contributed by atoms with van der Waals surface area (Å²) in [5.41, 5.74) is 0. The van der Waals surface area contributed by atoms with Gasteiger partial charge in [-0.3, -0.25) is 0 Å². The van der Waals surface area contributed by atoms with E-state index in [9.17, 15) is 4.79 Å². The Kier molecular flexibility index (Phi) is 1.79. The average Bonchev–Trinajstić information content (AvgIpc) is 2.17. The van der Waals surface area contributed by atoms with E-state index in [0.29, 0.717) is 5.89 Å². The minimum Gasteiger partial charge on any atom is -0.395 e. The highest BCUT2D eigenvalue weighted by atomic mass is 32.1. The molecule has 0 aromatic carbocycles. The third kappa shape index (κ3) is 1.50. The lowest BCUT2D eigenvalue weighted by molar-refractivity contribution is 0.516. The first-order valence-electron chi connectivity index (χ1n) is 2.42. The van der Waals surface area contributed by atoms with Crippen LogP contribution in [0.5, 0.6) is 0 Å². The molecule has 0 N–H and O–H groups in total. The molecule has 0 bridgehead atoms. The summed E-state index contributed by atoms with van der Waals surface area (Å²) in [6.45, 7) is 1.83. The van der Waals surface area contributed by atoms with Gasteiger partial charge in [0.2, 0.25) is 5.89 Å². The summed E-state index contributed by atoms with van der Waals surface area (Å²) in [6.07, 6.45) is 3.40. The summed E-state index contributed by atoms with van der Waals surface area (Å²) in [4.78, 5) is 9.96. The van der Waals surface area contributed by atoms with Gasteiger partial charge in [0.1, 0.15) is 0 Å². The molecule has 3 nitrogen and oxygen atoms in total. The van der Waals surface area contributed by atoms with Crippen molar-refractivity contribution in [3.05, 3.63) is 21.7 Å². The van der Waals surface area contributed by atoms with Gasteiger partial charge in [-0.1, -0.05) is 6.08 Å². The van der Waals surface area contributed by atoms with Gasteiger partial charge in [-0.05, 0) is 13.0 Å². The predicted molar refractivity (Wildman–Crippen MR) is 35.4 cm³/mol. The maximum Gasteiger partial charge on any atom is 0.414 e. The molecular weight excluding hydrogens is 138 g/mol. The Hall–Kier alpha value is -0.900. The molecule has 0 atom stereocenters. The lowest BCUT2D eigenvalue weighted by Gasteiger charge is -1.72. The summed E-state index contributed by atoms with van der Waals surface area (Å²) in [5, 5.41) is 0. The van der Waals surface area contributed by atoms with Crippen LogP contribution in [0, 0.1) is 0 Å². The summed E-state index contributed by atoms with van der Waals surface area (Å²) < 4.78 is 8.27. The van der Waals surface area contributed by atoms with Gasteiger partial charge < -0.3 is 4.42 Å². The minimum atomic E-state index is -0.358. The molecule has 1 rings (SSSR count). The number of rotatable bonds is 1. The topological polar surface area (TPSA) is 43.1 Å². The van der Waals surface area contributed by atoms with Gasteiger partial charge in [-0.2, -0.15) is 0 Å². The second-order valence-corrected chi connectivity index (χ2v) is 2.07. The quantitative estimate of drug-likeness (QED) is 0.591. The van der Waals surface area contributed by atoms with E-state index < -0.39 is 0 Å². The second-order valence-electron chi connectivity index (χ2n) is 1.37. The van der Waals surface area contributed by atoms with Gasteiger partial charge in [0.15, 0.2) is 0 Å². The second kappa shape index (κ2) is 2.59. The molecule has 0 saturated heterocycles. The van der Waals surface area contributed by atoms with E-state index in [2.05, 4.69) is 8.79 Å². The molecule has 0 spiro atoms. The monoisotopic (exact) mass is 143 g/mol. The van der Waals surface area contributed by atoms with Crippen LogP contribution < -0.4 is 4.94 Å². The van der Waals surface area contributed by atoms with Crippen molar-refractivity contribution in [3.63, 3.8) is 0 Å². The van der Waals surface area contributed by atoms with Crippen molar-refractivity contribution in [3.8, 4) is 0 Å². The molecule has 1 heterocycles. The van der Waals surface area contributed by atoms with Crippen LogP contribution in [0.1, 0.15) is 12.8 Å². The summed E-state index contributed by atoms with van der Waals surface area (Å²) in [5.74, 6) is 0.382. The Morgan fingerprint density at radius 2 is 2.56 bits per heavy atom. The molecule has 0 saturated carbocycles. The van der Waals surface area contributed by atoms with Crippen molar-refractivity contribution in [2.75, 3.05) is 0 Å². The number of allylic oxidation sites excluding steroid dienone is 1. The average molecular weight is 143 g/mol. The van der Waals surface area contributed by atoms with E-state index >= 15 is 0 Å². The predicted octanol–water partition coefficient (Wildman–Crippen LogP) is 1.13. The first kappa shape index (κ1) is 6.22. The van der Waals surface area contributed by atoms with Gasteiger partial charge >= 0.3 is 4.94 Å². The highest BCUT2D eigenvalue weighted by Crippen LogP contribution is 1.94. The maximum atomic E-state index is 10.3.